The zero-order chi connectivity index (χ0) is 18.9. The number of aromatic nitrogens is 1. The molecule has 0 saturated carbocycles. The summed E-state index contributed by atoms with van der Waals surface area (Å²) in [5.41, 5.74) is 2.35. The largest absolute Gasteiger partial charge is 0.359 e. The molecule has 154 valence electrons. The number of hydrogen-bond acceptors (Lipinski definition) is 4. The first-order valence-corrected chi connectivity index (χ1v) is 10.0. The van der Waals surface area contributed by atoms with Crippen LogP contribution >= 0.6 is 24.0 Å². The smallest absolute Gasteiger partial charge is 0.191 e. The normalized spacial score (nSPS) is 17.4. The fourth-order valence-corrected chi connectivity index (χ4v) is 3.46. The van der Waals surface area contributed by atoms with E-state index in [-0.39, 0.29) is 24.0 Å². The molecule has 0 radical (unpaired) electrons. The summed E-state index contributed by atoms with van der Waals surface area (Å²) < 4.78 is 5.32. The summed E-state index contributed by atoms with van der Waals surface area (Å²) in [6.45, 7) is 8.56. The number of halogens is 1. The summed E-state index contributed by atoms with van der Waals surface area (Å²) in [6.07, 6.45) is 3.36. The van der Waals surface area contributed by atoms with Gasteiger partial charge in [-0.25, -0.2) is 4.99 Å². The van der Waals surface area contributed by atoms with Crippen LogP contribution in [0.1, 0.15) is 43.7 Å². The molecular weight excluding hydrogens is 465 g/mol. The van der Waals surface area contributed by atoms with E-state index in [0.717, 1.165) is 50.0 Å². The average Bonchev–Trinajstić information content (AvgIpc) is 3.34. The van der Waals surface area contributed by atoms with Gasteiger partial charge in [-0.2, -0.15) is 0 Å². The predicted molar refractivity (Wildman–Crippen MR) is 124 cm³/mol. The number of nitrogens with one attached hydrogen (secondary N) is 2. The summed E-state index contributed by atoms with van der Waals surface area (Å²) in [5.74, 6) is 1.63. The molecule has 0 spiro atoms. The zero-order valence-corrected chi connectivity index (χ0v) is 19.2. The van der Waals surface area contributed by atoms with Gasteiger partial charge >= 0.3 is 0 Å². The maximum Gasteiger partial charge on any atom is 0.191 e. The van der Waals surface area contributed by atoms with Crippen molar-refractivity contribution >= 4 is 29.9 Å². The molecular formula is C21H32IN5O. The van der Waals surface area contributed by atoms with Crippen molar-refractivity contribution < 1.29 is 4.52 Å². The Bertz CT molecular complexity index is 719. The van der Waals surface area contributed by atoms with E-state index in [1.165, 1.54) is 18.4 Å². The van der Waals surface area contributed by atoms with Gasteiger partial charge < -0.3 is 15.2 Å². The molecule has 7 heteroatoms. The van der Waals surface area contributed by atoms with Crippen LogP contribution in [0.2, 0.25) is 0 Å². The molecule has 1 aliphatic rings. The van der Waals surface area contributed by atoms with Gasteiger partial charge in [-0.15, -0.1) is 24.0 Å². The van der Waals surface area contributed by atoms with Crippen molar-refractivity contribution in [1.29, 1.82) is 0 Å². The fraction of sp³-hybridized carbons (Fsp3) is 0.524. The second-order valence-corrected chi connectivity index (χ2v) is 6.97. The molecule has 28 heavy (non-hydrogen) atoms. The summed E-state index contributed by atoms with van der Waals surface area (Å²) in [5, 5.41) is 10.9. The van der Waals surface area contributed by atoms with Gasteiger partial charge in [0.15, 0.2) is 11.7 Å². The van der Waals surface area contributed by atoms with E-state index in [2.05, 4.69) is 69.9 Å². The second kappa shape index (κ2) is 12.1. The number of likely N-dealkylation sites (tertiary alicyclic amines) is 1. The highest BCUT2D eigenvalue weighted by atomic mass is 127. The molecule has 1 aromatic carbocycles. The lowest BCUT2D eigenvalue weighted by molar-refractivity contribution is 0.245. The minimum atomic E-state index is 0. The Hall–Kier alpha value is -1.61. The molecule has 2 heterocycles. The molecule has 1 aromatic heterocycles. The lowest BCUT2D eigenvalue weighted by Crippen LogP contribution is -2.44. The highest BCUT2D eigenvalue weighted by Crippen LogP contribution is 2.19. The third-order valence-corrected chi connectivity index (χ3v) is 4.94. The highest BCUT2D eigenvalue weighted by molar-refractivity contribution is 14.0. The van der Waals surface area contributed by atoms with Crippen LogP contribution in [0.15, 0.2) is 45.9 Å². The quantitative estimate of drug-likeness (QED) is 0.332. The van der Waals surface area contributed by atoms with E-state index in [1.807, 2.05) is 6.07 Å². The van der Waals surface area contributed by atoms with Crippen LogP contribution in [-0.4, -0.2) is 41.7 Å². The predicted octanol–water partition coefficient (Wildman–Crippen LogP) is 3.57. The molecule has 1 aliphatic heterocycles. The van der Waals surface area contributed by atoms with Crippen LogP contribution in [-0.2, 0) is 19.5 Å². The Morgan fingerprint density at radius 1 is 1.25 bits per heavy atom. The van der Waals surface area contributed by atoms with Crippen LogP contribution in [0, 0.1) is 0 Å². The van der Waals surface area contributed by atoms with Crippen LogP contribution < -0.4 is 10.6 Å². The minimum Gasteiger partial charge on any atom is -0.359 e. The Kier molecular flexibility index (Phi) is 9.77. The third-order valence-electron chi connectivity index (χ3n) is 4.94. The summed E-state index contributed by atoms with van der Waals surface area (Å²) >= 11 is 0. The SMILES string of the molecule is CCNC(=NCc1cc(CC)no1)NCC1CCCN1Cc1ccccc1.I. The second-order valence-electron chi connectivity index (χ2n) is 6.97. The standard InChI is InChI=1S/C21H31N5O.HI/c1-3-18-13-20(27-25-18)15-24-21(22-4-2)23-14-19-11-8-12-26(19)16-17-9-6-5-7-10-17;/h5-7,9-10,13,19H,3-4,8,11-12,14-16H2,1-2H3,(H2,22,23,24);1H. The molecule has 6 nitrogen and oxygen atoms in total. The van der Waals surface area contributed by atoms with Crippen LogP contribution in [0.5, 0.6) is 0 Å². The van der Waals surface area contributed by atoms with Crippen LogP contribution in [0.4, 0.5) is 0 Å². The molecule has 1 unspecified atom stereocenters. The molecule has 1 atom stereocenters. The van der Waals surface area contributed by atoms with Crippen molar-refractivity contribution in [1.82, 2.24) is 20.7 Å². The summed E-state index contributed by atoms with van der Waals surface area (Å²) in [7, 11) is 0. The Labute approximate surface area is 185 Å². The van der Waals surface area contributed by atoms with Gasteiger partial charge in [0.2, 0.25) is 0 Å². The molecule has 2 aromatic rings. The van der Waals surface area contributed by atoms with Crippen LogP contribution in [0.25, 0.3) is 0 Å². The van der Waals surface area contributed by atoms with Crippen molar-refractivity contribution in [2.75, 3.05) is 19.6 Å². The van der Waals surface area contributed by atoms with E-state index in [1.54, 1.807) is 0 Å². The Balaban J connectivity index is 0.00000280. The van der Waals surface area contributed by atoms with Gasteiger partial charge in [-0.1, -0.05) is 42.4 Å². The van der Waals surface area contributed by atoms with E-state index in [4.69, 9.17) is 4.52 Å². The first-order valence-electron chi connectivity index (χ1n) is 10.0. The van der Waals surface area contributed by atoms with Gasteiger partial charge in [-0.3, -0.25) is 4.90 Å². The van der Waals surface area contributed by atoms with Crippen LogP contribution in [0.3, 0.4) is 0 Å². The third kappa shape index (κ3) is 6.77. The van der Waals surface area contributed by atoms with E-state index >= 15 is 0 Å². The molecule has 1 saturated heterocycles. The fourth-order valence-electron chi connectivity index (χ4n) is 3.46. The number of guanidine groups is 1. The summed E-state index contributed by atoms with van der Waals surface area (Å²) in [4.78, 5) is 7.21. The van der Waals surface area contributed by atoms with Gasteiger partial charge in [0.1, 0.15) is 6.54 Å². The van der Waals surface area contributed by atoms with Gasteiger partial charge in [0, 0.05) is 31.7 Å². The Morgan fingerprint density at radius 2 is 2.07 bits per heavy atom. The molecule has 2 N–H and O–H groups in total. The topological polar surface area (TPSA) is 65.7 Å². The first kappa shape index (κ1) is 22.7. The van der Waals surface area contributed by atoms with Crippen molar-refractivity contribution in [3.63, 3.8) is 0 Å². The van der Waals surface area contributed by atoms with Gasteiger partial charge in [0.05, 0.1) is 5.69 Å². The van der Waals surface area contributed by atoms with E-state index < -0.39 is 0 Å². The monoisotopic (exact) mass is 497 g/mol. The molecule has 0 bridgehead atoms. The first-order chi connectivity index (χ1) is 13.3. The number of benzene rings is 1. The van der Waals surface area contributed by atoms with E-state index in [9.17, 15) is 0 Å². The molecule has 3 rings (SSSR count). The molecule has 0 aliphatic carbocycles. The highest BCUT2D eigenvalue weighted by Gasteiger charge is 2.24. The molecule has 0 amide bonds. The maximum atomic E-state index is 5.32. The van der Waals surface area contributed by atoms with E-state index in [0.29, 0.717) is 12.6 Å². The minimum absolute atomic E-state index is 0. The number of aliphatic imine (C=N–C) groups is 1. The van der Waals surface area contributed by atoms with Crippen molar-refractivity contribution in [3.05, 3.63) is 53.4 Å². The average molecular weight is 497 g/mol. The Morgan fingerprint density at radius 3 is 2.79 bits per heavy atom. The number of rotatable bonds is 8. The summed E-state index contributed by atoms with van der Waals surface area (Å²) in [6, 6.07) is 13.2. The number of aryl methyl sites for hydroxylation is 1. The van der Waals surface area contributed by atoms with Crippen molar-refractivity contribution in [2.45, 2.75) is 52.2 Å². The zero-order valence-electron chi connectivity index (χ0n) is 16.9. The maximum absolute atomic E-state index is 5.32. The number of hydrogen-bond donors (Lipinski definition) is 2. The van der Waals surface area contributed by atoms with Crippen molar-refractivity contribution in [2.24, 2.45) is 4.99 Å². The lowest BCUT2D eigenvalue weighted by atomic mass is 10.2. The molecule has 1 fully saturated rings. The lowest BCUT2D eigenvalue weighted by Gasteiger charge is -2.25. The number of nitrogens with zero attached hydrogens (tertiary/aromatic N) is 3. The van der Waals surface area contributed by atoms with Crippen molar-refractivity contribution in [3.8, 4) is 0 Å². The van der Waals surface area contributed by atoms with Gasteiger partial charge in [0.25, 0.3) is 0 Å². The van der Waals surface area contributed by atoms with Gasteiger partial charge in [-0.05, 0) is 38.3 Å².